The summed E-state index contributed by atoms with van der Waals surface area (Å²) >= 11 is 0. The molecule has 13 heteroatoms. The molecule has 0 spiro atoms. The van der Waals surface area contributed by atoms with Crippen LogP contribution in [-0.2, 0) is 12.4 Å². The van der Waals surface area contributed by atoms with Gasteiger partial charge in [-0.2, -0.15) is 31.6 Å². The molecule has 0 saturated carbocycles. The molecule has 0 aliphatic rings. The molecule has 0 atom stereocenters. The van der Waals surface area contributed by atoms with Gasteiger partial charge in [-0.25, -0.2) is 0 Å². The molecule has 0 N–H and O–H groups in total. The van der Waals surface area contributed by atoms with E-state index in [0.29, 0.717) is 17.3 Å². The molecule has 5 rings (SSSR count). The molecule has 0 fully saturated rings. The standard InChI is InChI=1S/C27H21NOP.C8H3BF9/c28-20-22-12-10-11-19-26(22)27(29)21-30(23-13-4-1-5-14-23,24-15-6-2-7-16-24)25-17-8-3-9-18-25;10-7(11,12)4-1-5(8(13,14)15)3-6(2-4)9(16,17)18/h1-19H,21H2;1-3H/q+1;-1. The van der Waals surface area contributed by atoms with Crippen LogP contribution in [0.15, 0.2) is 133 Å². The van der Waals surface area contributed by atoms with Gasteiger partial charge < -0.3 is 12.9 Å². The number of hydrogen-bond donors (Lipinski definition) is 0. The summed E-state index contributed by atoms with van der Waals surface area (Å²) in [6.45, 7) is -5.95. The fourth-order valence-electron chi connectivity index (χ4n) is 5.06. The van der Waals surface area contributed by atoms with Gasteiger partial charge in [0.05, 0.1) is 22.8 Å². The van der Waals surface area contributed by atoms with E-state index in [4.69, 9.17) is 0 Å². The number of halogens is 9. The van der Waals surface area contributed by atoms with Crippen molar-refractivity contribution in [3.8, 4) is 6.07 Å². The van der Waals surface area contributed by atoms with E-state index in [2.05, 4.69) is 42.5 Å². The minimum Gasteiger partial charge on any atom is -0.445 e. The molecule has 0 aliphatic heterocycles. The maximum atomic E-state index is 13.6. The van der Waals surface area contributed by atoms with Crippen LogP contribution in [0.1, 0.15) is 27.0 Å². The smallest absolute Gasteiger partial charge is 0.445 e. The minimum absolute atomic E-state index is 0.00274. The molecule has 0 aliphatic carbocycles. The zero-order valence-electron chi connectivity index (χ0n) is 24.7. The number of alkyl halides is 6. The van der Waals surface area contributed by atoms with Crippen LogP contribution in [0.2, 0.25) is 0 Å². The van der Waals surface area contributed by atoms with Gasteiger partial charge in [-0.1, -0.05) is 78.9 Å². The van der Waals surface area contributed by atoms with Crippen LogP contribution in [0.25, 0.3) is 0 Å². The van der Waals surface area contributed by atoms with Crippen molar-refractivity contribution in [1.82, 2.24) is 0 Å². The van der Waals surface area contributed by atoms with Crippen LogP contribution in [-0.4, -0.2) is 18.9 Å². The monoisotopic (exact) mass is 687 g/mol. The third kappa shape index (κ3) is 8.34. The molecule has 2 nitrogen and oxygen atoms in total. The molecule has 48 heavy (non-hydrogen) atoms. The first-order chi connectivity index (χ1) is 22.6. The first-order valence-electron chi connectivity index (χ1n) is 14.1. The number of benzene rings is 5. The molecule has 5 aromatic carbocycles. The van der Waals surface area contributed by atoms with E-state index < -0.39 is 43.2 Å². The molecule has 246 valence electrons. The second kappa shape index (κ2) is 14.5. The predicted molar refractivity (Wildman–Crippen MR) is 171 cm³/mol. The van der Waals surface area contributed by atoms with Crippen LogP contribution < -0.4 is 21.4 Å². The zero-order valence-corrected chi connectivity index (χ0v) is 25.6. The number of ketones is 1. The van der Waals surface area contributed by atoms with Crippen LogP contribution in [0.4, 0.5) is 39.3 Å². The number of Topliss-reactive ketones (excluding diaryl/α,β-unsaturated/α-hetero) is 1. The summed E-state index contributed by atoms with van der Waals surface area (Å²) in [7, 11) is -2.26. The maximum Gasteiger partial charge on any atom is 0.509 e. The topological polar surface area (TPSA) is 40.9 Å². The lowest BCUT2D eigenvalue weighted by molar-refractivity contribution is -0.143. The Hall–Kier alpha value is -4.88. The molecule has 0 heterocycles. The van der Waals surface area contributed by atoms with Gasteiger partial charge in [0.2, 0.25) is 5.78 Å². The van der Waals surface area contributed by atoms with Gasteiger partial charge in [0.15, 0.2) is 0 Å². The molecule has 0 bridgehead atoms. The SMILES string of the molecule is F[B-](F)(F)c1cc(C(F)(F)F)cc(C(F)(F)F)c1.N#Cc1ccccc1C(=O)C[P+](c1ccccc1)(c1ccccc1)c1ccccc1. The summed E-state index contributed by atoms with van der Waals surface area (Å²) in [4.78, 5) is 13.6. The van der Waals surface area contributed by atoms with Gasteiger partial charge >= 0.3 is 19.3 Å². The Morgan fingerprint density at radius 1 is 0.604 bits per heavy atom. The summed E-state index contributed by atoms with van der Waals surface area (Å²) in [6, 6.07) is 39.2. The van der Waals surface area contributed by atoms with Gasteiger partial charge in [-0.05, 0) is 54.6 Å². The lowest BCUT2D eigenvalue weighted by Gasteiger charge is -2.27. The Balaban J connectivity index is 0.000000248. The Morgan fingerprint density at radius 2 is 0.979 bits per heavy atom. The fourth-order valence-corrected chi connectivity index (χ4v) is 9.15. The van der Waals surface area contributed by atoms with Crippen LogP contribution in [0.5, 0.6) is 0 Å². The predicted octanol–water partition coefficient (Wildman–Crippen LogP) is 8.51. The number of rotatable bonds is 7. The van der Waals surface area contributed by atoms with Crippen molar-refractivity contribution >= 4 is 41.4 Å². The molecule has 0 radical (unpaired) electrons. The van der Waals surface area contributed by atoms with E-state index in [-0.39, 0.29) is 24.0 Å². The van der Waals surface area contributed by atoms with Crippen molar-refractivity contribution in [3.05, 3.63) is 156 Å². The molecule has 5 aromatic rings. The fraction of sp³-hybridized carbons (Fsp3) is 0.0857. The Labute approximate surface area is 270 Å². The van der Waals surface area contributed by atoms with Crippen molar-refractivity contribution in [2.45, 2.75) is 12.4 Å². The number of carbonyl (C=O) groups excluding carboxylic acids is 1. The lowest BCUT2D eigenvalue weighted by atomic mass is 9.78. The zero-order chi connectivity index (χ0) is 35.2. The van der Waals surface area contributed by atoms with Gasteiger partial charge in [-0.15, -0.1) is 5.46 Å². The average Bonchev–Trinajstić information content (AvgIpc) is 3.07. The van der Waals surface area contributed by atoms with Crippen LogP contribution in [0, 0.1) is 11.3 Å². The lowest BCUT2D eigenvalue weighted by Crippen LogP contribution is -2.36. The quantitative estimate of drug-likeness (QED) is 0.0746. The van der Waals surface area contributed by atoms with Crippen molar-refractivity contribution in [3.63, 3.8) is 0 Å². The summed E-state index contributed by atoms with van der Waals surface area (Å²) in [5, 5.41) is 13.0. The summed E-state index contributed by atoms with van der Waals surface area (Å²) < 4.78 is 110. The van der Waals surface area contributed by atoms with Crippen molar-refractivity contribution in [2.75, 3.05) is 6.16 Å². The third-order valence-corrected chi connectivity index (χ3v) is 11.6. The molecular weight excluding hydrogens is 663 g/mol. The Kier molecular flexibility index (Phi) is 10.9. The highest BCUT2D eigenvalue weighted by Crippen LogP contribution is 2.55. The Bertz CT molecular complexity index is 1710. The first kappa shape index (κ1) is 36.0. The van der Waals surface area contributed by atoms with E-state index in [1.807, 2.05) is 60.7 Å². The average molecular weight is 687 g/mol. The molecule has 0 saturated heterocycles. The van der Waals surface area contributed by atoms with Gasteiger partial charge in [0.1, 0.15) is 29.3 Å². The van der Waals surface area contributed by atoms with Crippen molar-refractivity contribution < 1.29 is 44.1 Å². The van der Waals surface area contributed by atoms with Crippen molar-refractivity contribution in [1.29, 1.82) is 5.26 Å². The number of nitrogens with zero attached hydrogens (tertiary/aromatic N) is 1. The van der Waals surface area contributed by atoms with Crippen LogP contribution in [0.3, 0.4) is 0 Å². The van der Waals surface area contributed by atoms with E-state index in [0.717, 1.165) is 15.9 Å². The molecule has 0 amide bonds. The maximum absolute atomic E-state index is 13.6. The largest absolute Gasteiger partial charge is 0.509 e. The molecular formula is C35H24BF9NOP. The molecule has 0 aromatic heterocycles. The van der Waals surface area contributed by atoms with Crippen LogP contribution >= 0.6 is 7.26 Å². The minimum atomic E-state index is -5.95. The highest BCUT2D eigenvalue weighted by molar-refractivity contribution is 7.96. The van der Waals surface area contributed by atoms with Gasteiger partial charge in [0.25, 0.3) is 0 Å². The summed E-state index contributed by atoms with van der Waals surface area (Å²) in [5.41, 5.74) is -4.97. The number of nitriles is 1. The summed E-state index contributed by atoms with van der Waals surface area (Å²) in [5.74, 6) is -0.00274. The van der Waals surface area contributed by atoms with E-state index in [9.17, 15) is 49.3 Å². The second-order valence-corrected chi connectivity index (χ2v) is 14.0. The second-order valence-electron chi connectivity index (χ2n) is 10.5. The number of carbonyl (C=O) groups is 1. The Morgan fingerprint density at radius 3 is 1.33 bits per heavy atom. The normalized spacial score (nSPS) is 12.0. The van der Waals surface area contributed by atoms with E-state index >= 15 is 0 Å². The highest BCUT2D eigenvalue weighted by atomic mass is 31.2. The highest BCUT2D eigenvalue weighted by Gasteiger charge is 2.47. The van der Waals surface area contributed by atoms with Gasteiger partial charge in [0, 0.05) is 5.56 Å². The molecule has 0 unspecified atom stereocenters. The number of hydrogen-bond acceptors (Lipinski definition) is 2. The summed E-state index contributed by atoms with van der Waals surface area (Å²) in [6.07, 6.45) is -10.2. The van der Waals surface area contributed by atoms with E-state index in [1.54, 1.807) is 18.2 Å². The first-order valence-corrected chi connectivity index (χ1v) is 16.1. The third-order valence-electron chi connectivity index (χ3n) is 7.31. The van der Waals surface area contributed by atoms with Crippen molar-refractivity contribution in [2.24, 2.45) is 0 Å². The van der Waals surface area contributed by atoms with E-state index in [1.165, 1.54) is 0 Å². The van der Waals surface area contributed by atoms with Gasteiger partial charge in [-0.3, -0.25) is 4.79 Å².